The molecular weight excluding hydrogens is 295 g/mol. The number of benzene rings is 1. The van der Waals surface area contributed by atoms with Gasteiger partial charge in [-0.05, 0) is 12.1 Å². The van der Waals surface area contributed by atoms with Crippen molar-refractivity contribution in [3.05, 3.63) is 28.2 Å². The second kappa shape index (κ2) is 8.19. The number of amides is 1. The fourth-order valence-electron chi connectivity index (χ4n) is 1.10. The molecule has 1 amide bonds. The molecule has 0 aliphatic carbocycles. The number of halogens is 2. The maximum Gasteiger partial charge on any atom is 0.245 e. The highest BCUT2D eigenvalue weighted by Crippen LogP contribution is 2.26. The Hall–Kier alpha value is -1.05. The number of hydroxylamine groups is 1. The lowest BCUT2D eigenvalue weighted by Crippen LogP contribution is -2.33. The van der Waals surface area contributed by atoms with Crippen LogP contribution in [-0.2, 0) is 9.63 Å². The molecular formula is C11H14Cl2N2O4. The predicted molar refractivity (Wildman–Crippen MR) is 71.1 cm³/mol. The van der Waals surface area contributed by atoms with Crippen molar-refractivity contribution < 1.29 is 19.5 Å². The van der Waals surface area contributed by atoms with Crippen LogP contribution in [0.5, 0.6) is 5.75 Å². The lowest BCUT2D eigenvalue weighted by molar-refractivity contribution is -0.125. The summed E-state index contributed by atoms with van der Waals surface area (Å²) in [5.74, 6) is -0.111. The van der Waals surface area contributed by atoms with Gasteiger partial charge in [0.25, 0.3) is 0 Å². The minimum absolute atomic E-state index is 0.0326. The molecule has 1 rings (SSSR count). The van der Waals surface area contributed by atoms with Crippen LogP contribution in [0.3, 0.4) is 0 Å². The Morgan fingerprint density at radius 2 is 2.16 bits per heavy atom. The predicted octanol–water partition coefficient (Wildman–Crippen LogP) is 0.740. The van der Waals surface area contributed by atoms with E-state index in [-0.39, 0.29) is 19.8 Å². The largest absolute Gasteiger partial charge is 0.491 e. The summed E-state index contributed by atoms with van der Waals surface area (Å²) in [6.45, 7) is -0.139. The third kappa shape index (κ3) is 6.60. The molecule has 0 spiro atoms. The van der Waals surface area contributed by atoms with Crippen LogP contribution in [0.15, 0.2) is 18.2 Å². The average Bonchev–Trinajstić information content (AvgIpc) is 2.36. The molecule has 4 N–H and O–H groups in total. The summed E-state index contributed by atoms with van der Waals surface area (Å²) >= 11 is 11.6. The Kier molecular flexibility index (Phi) is 6.90. The number of nitrogens with one attached hydrogen (secondary N) is 1. The highest BCUT2D eigenvalue weighted by Gasteiger charge is 2.07. The molecule has 0 aliphatic rings. The van der Waals surface area contributed by atoms with Crippen LogP contribution in [0.4, 0.5) is 0 Å². The van der Waals surface area contributed by atoms with E-state index in [1.165, 1.54) is 0 Å². The summed E-state index contributed by atoms with van der Waals surface area (Å²) in [5, 5.41) is 10.4. The van der Waals surface area contributed by atoms with Gasteiger partial charge in [-0.2, -0.15) is 5.48 Å². The zero-order valence-electron chi connectivity index (χ0n) is 9.94. The first-order valence-corrected chi connectivity index (χ1v) is 6.13. The van der Waals surface area contributed by atoms with Gasteiger partial charge in [0, 0.05) is 6.07 Å². The first-order chi connectivity index (χ1) is 8.99. The number of rotatable bonds is 8. The van der Waals surface area contributed by atoms with E-state index in [1.54, 1.807) is 18.2 Å². The van der Waals surface area contributed by atoms with Crippen LogP contribution in [0.1, 0.15) is 0 Å². The quantitative estimate of drug-likeness (QED) is 0.486. The third-order valence-electron chi connectivity index (χ3n) is 1.97. The summed E-state index contributed by atoms with van der Waals surface area (Å²) in [5.41, 5.74) is 7.25. The number of hydrogen-bond donors (Lipinski definition) is 3. The Morgan fingerprint density at radius 1 is 1.42 bits per heavy atom. The maximum atomic E-state index is 10.4. The van der Waals surface area contributed by atoms with Crippen molar-refractivity contribution in [1.82, 2.24) is 5.48 Å². The monoisotopic (exact) mass is 308 g/mol. The molecule has 0 radical (unpaired) electrons. The van der Waals surface area contributed by atoms with Gasteiger partial charge in [-0.15, -0.1) is 0 Å². The second-order valence-corrected chi connectivity index (χ2v) is 4.46. The molecule has 0 saturated carbocycles. The molecule has 0 heterocycles. The molecule has 1 aromatic rings. The molecule has 19 heavy (non-hydrogen) atoms. The fraction of sp³-hybridized carbons (Fsp3) is 0.364. The van der Waals surface area contributed by atoms with Gasteiger partial charge in [-0.25, -0.2) is 0 Å². The van der Waals surface area contributed by atoms with Gasteiger partial charge in [0.1, 0.15) is 25.1 Å². The smallest absolute Gasteiger partial charge is 0.245 e. The van der Waals surface area contributed by atoms with Crippen molar-refractivity contribution in [2.24, 2.45) is 5.73 Å². The number of aliphatic hydroxyl groups excluding tert-OH is 1. The second-order valence-electron chi connectivity index (χ2n) is 3.64. The number of nitrogens with two attached hydrogens (primary N) is 1. The summed E-state index contributed by atoms with van der Waals surface area (Å²) in [7, 11) is 0. The van der Waals surface area contributed by atoms with Crippen molar-refractivity contribution in [3.63, 3.8) is 0 Å². The zero-order chi connectivity index (χ0) is 14.3. The Morgan fingerprint density at radius 3 is 2.79 bits per heavy atom. The molecule has 0 bridgehead atoms. The van der Waals surface area contributed by atoms with E-state index in [0.29, 0.717) is 15.8 Å². The first-order valence-electron chi connectivity index (χ1n) is 5.38. The molecule has 6 nitrogen and oxygen atoms in total. The molecule has 1 unspecified atom stereocenters. The molecule has 1 aromatic carbocycles. The van der Waals surface area contributed by atoms with E-state index in [0.717, 1.165) is 0 Å². The summed E-state index contributed by atoms with van der Waals surface area (Å²) in [6, 6.07) is 4.78. The van der Waals surface area contributed by atoms with E-state index in [2.05, 4.69) is 10.3 Å². The first kappa shape index (κ1) is 16.0. The Balaban J connectivity index is 2.24. The molecule has 0 aliphatic heterocycles. The topological polar surface area (TPSA) is 93.8 Å². The number of aliphatic hydroxyl groups is 1. The molecule has 106 valence electrons. The van der Waals surface area contributed by atoms with Gasteiger partial charge in [0.15, 0.2) is 0 Å². The molecule has 0 fully saturated rings. The average molecular weight is 309 g/mol. The standard InChI is InChI=1S/C11H14Cl2N2O4/c12-9-2-1-8(3-10(9)13)18-5-7(16)4-15-19-6-11(14)17/h1-3,7,15-16H,4-6H2,(H2,14,17). The normalized spacial score (nSPS) is 12.2. The van der Waals surface area contributed by atoms with Crippen molar-refractivity contribution in [2.75, 3.05) is 19.8 Å². The van der Waals surface area contributed by atoms with E-state index in [9.17, 15) is 9.90 Å². The van der Waals surface area contributed by atoms with Crippen molar-refractivity contribution in [2.45, 2.75) is 6.10 Å². The lowest BCUT2D eigenvalue weighted by Gasteiger charge is -2.13. The number of primary amides is 1. The Labute approximate surface area is 120 Å². The Bertz CT molecular complexity index is 431. The summed E-state index contributed by atoms with van der Waals surface area (Å²) < 4.78 is 5.30. The number of carbonyl (C=O) groups is 1. The summed E-state index contributed by atoms with van der Waals surface area (Å²) in [6.07, 6.45) is -0.817. The van der Waals surface area contributed by atoms with E-state index in [4.69, 9.17) is 33.7 Å². The molecule has 8 heteroatoms. The van der Waals surface area contributed by atoms with E-state index >= 15 is 0 Å². The van der Waals surface area contributed by atoms with Crippen LogP contribution >= 0.6 is 23.2 Å². The maximum absolute atomic E-state index is 10.4. The van der Waals surface area contributed by atoms with Gasteiger partial charge in [-0.3, -0.25) is 9.63 Å². The van der Waals surface area contributed by atoms with Gasteiger partial charge < -0.3 is 15.6 Å². The van der Waals surface area contributed by atoms with Crippen LogP contribution < -0.4 is 16.0 Å². The van der Waals surface area contributed by atoms with Gasteiger partial charge in [-0.1, -0.05) is 23.2 Å². The van der Waals surface area contributed by atoms with Crippen molar-refractivity contribution in [1.29, 1.82) is 0 Å². The lowest BCUT2D eigenvalue weighted by atomic mass is 10.3. The zero-order valence-corrected chi connectivity index (χ0v) is 11.4. The number of carbonyl (C=O) groups excluding carboxylic acids is 1. The van der Waals surface area contributed by atoms with Gasteiger partial charge in [0.05, 0.1) is 16.6 Å². The molecule has 0 aromatic heterocycles. The minimum Gasteiger partial charge on any atom is -0.491 e. The number of hydrogen-bond acceptors (Lipinski definition) is 5. The SMILES string of the molecule is NC(=O)CONCC(O)COc1ccc(Cl)c(Cl)c1. The van der Waals surface area contributed by atoms with Crippen LogP contribution in [-0.4, -0.2) is 36.9 Å². The van der Waals surface area contributed by atoms with Crippen molar-refractivity contribution in [3.8, 4) is 5.75 Å². The summed E-state index contributed by atoms with van der Waals surface area (Å²) in [4.78, 5) is 15.0. The van der Waals surface area contributed by atoms with Gasteiger partial charge in [0.2, 0.25) is 5.91 Å². The minimum atomic E-state index is -0.817. The number of ether oxygens (including phenoxy) is 1. The van der Waals surface area contributed by atoms with Gasteiger partial charge >= 0.3 is 0 Å². The van der Waals surface area contributed by atoms with Crippen LogP contribution in [0.2, 0.25) is 10.0 Å². The molecule has 1 atom stereocenters. The third-order valence-corrected chi connectivity index (χ3v) is 2.71. The van der Waals surface area contributed by atoms with E-state index in [1.807, 2.05) is 0 Å². The van der Waals surface area contributed by atoms with E-state index < -0.39 is 12.0 Å². The molecule has 0 saturated heterocycles. The fourth-order valence-corrected chi connectivity index (χ4v) is 1.38. The van der Waals surface area contributed by atoms with Crippen LogP contribution in [0, 0.1) is 0 Å². The highest BCUT2D eigenvalue weighted by atomic mass is 35.5. The highest BCUT2D eigenvalue weighted by molar-refractivity contribution is 6.42. The van der Waals surface area contributed by atoms with Crippen molar-refractivity contribution >= 4 is 29.1 Å². The van der Waals surface area contributed by atoms with Crippen LogP contribution in [0.25, 0.3) is 0 Å².